The van der Waals surface area contributed by atoms with Gasteiger partial charge in [0.2, 0.25) is 0 Å². The van der Waals surface area contributed by atoms with Crippen molar-refractivity contribution >= 4 is 29.9 Å². The van der Waals surface area contributed by atoms with Crippen LogP contribution in [0, 0.1) is 0 Å². The van der Waals surface area contributed by atoms with Crippen LogP contribution in [0.5, 0.6) is 0 Å². The average molecular weight is 454 g/mol. The van der Waals surface area contributed by atoms with E-state index in [0.29, 0.717) is 6.54 Å². The Bertz CT molecular complexity index is 655. The van der Waals surface area contributed by atoms with Gasteiger partial charge in [0.1, 0.15) is 5.76 Å². The highest BCUT2D eigenvalue weighted by molar-refractivity contribution is 14.0. The summed E-state index contributed by atoms with van der Waals surface area (Å²) in [6, 6.07) is 12.4. The van der Waals surface area contributed by atoms with Crippen molar-refractivity contribution in [1.29, 1.82) is 0 Å². The fourth-order valence-electron chi connectivity index (χ4n) is 2.47. The second-order valence-electron chi connectivity index (χ2n) is 5.62. The minimum absolute atomic E-state index is 0. The molecule has 0 radical (unpaired) electrons. The van der Waals surface area contributed by atoms with E-state index in [1.807, 2.05) is 18.2 Å². The Labute approximate surface area is 167 Å². The van der Waals surface area contributed by atoms with Gasteiger partial charge in [0.15, 0.2) is 5.96 Å². The predicted molar refractivity (Wildman–Crippen MR) is 114 cm³/mol. The van der Waals surface area contributed by atoms with Crippen molar-refractivity contribution < 1.29 is 4.42 Å². The topological polar surface area (TPSA) is 52.8 Å². The molecule has 0 aliphatic heterocycles. The molecule has 25 heavy (non-hydrogen) atoms. The summed E-state index contributed by atoms with van der Waals surface area (Å²) in [5, 5.41) is 6.51. The lowest BCUT2D eigenvalue weighted by atomic mass is 10.1. The second-order valence-corrected chi connectivity index (χ2v) is 5.62. The monoisotopic (exact) mass is 454 g/mol. The zero-order valence-corrected chi connectivity index (χ0v) is 17.2. The van der Waals surface area contributed by atoms with Gasteiger partial charge in [-0.25, -0.2) is 0 Å². The molecule has 136 valence electrons. The molecular weight excluding hydrogens is 427 g/mol. The van der Waals surface area contributed by atoms with E-state index in [0.717, 1.165) is 31.4 Å². The molecule has 6 heteroatoms. The normalized spacial score (nSPS) is 11.1. The number of furan rings is 1. The third kappa shape index (κ3) is 7.31. The molecule has 5 nitrogen and oxygen atoms in total. The Morgan fingerprint density at radius 2 is 1.92 bits per heavy atom. The van der Waals surface area contributed by atoms with Crippen LogP contribution in [0.2, 0.25) is 0 Å². The average Bonchev–Trinajstić information content (AvgIpc) is 3.09. The molecule has 2 aromatic rings. The Morgan fingerprint density at radius 3 is 2.56 bits per heavy atom. The van der Waals surface area contributed by atoms with E-state index < -0.39 is 0 Å². The third-order valence-corrected chi connectivity index (χ3v) is 3.65. The molecule has 0 spiro atoms. The molecule has 0 fully saturated rings. The lowest BCUT2D eigenvalue weighted by Crippen LogP contribution is -2.37. The molecule has 0 aliphatic rings. The summed E-state index contributed by atoms with van der Waals surface area (Å²) in [6.07, 6.45) is 3.52. The van der Waals surface area contributed by atoms with Gasteiger partial charge in [0.25, 0.3) is 0 Å². The number of guanidine groups is 1. The lowest BCUT2D eigenvalue weighted by molar-refractivity contribution is 0.287. The van der Waals surface area contributed by atoms with Crippen LogP contribution in [-0.2, 0) is 19.6 Å². The standard InChI is InChI=1S/C19H26N4O.HI/c1-4-11-21-19(20-2)22-13-16-8-5-6-9-17(16)14-23(3)15-18-10-7-12-24-18;/h4-10,12H,1,11,13-15H2,2-3H3,(H2,20,21,22);1H. The first-order chi connectivity index (χ1) is 11.7. The van der Waals surface area contributed by atoms with Gasteiger partial charge >= 0.3 is 0 Å². The fraction of sp³-hybridized carbons (Fsp3) is 0.316. The van der Waals surface area contributed by atoms with Crippen LogP contribution in [0.15, 0.2) is 64.7 Å². The zero-order valence-electron chi connectivity index (χ0n) is 14.9. The SMILES string of the molecule is C=CCNC(=NC)NCc1ccccc1CN(C)Cc1ccco1.I. The van der Waals surface area contributed by atoms with Crippen molar-refractivity contribution in [3.05, 3.63) is 72.2 Å². The number of benzene rings is 1. The van der Waals surface area contributed by atoms with Gasteiger partial charge in [0, 0.05) is 26.7 Å². The molecule has 0 bridgehead atoms. The van der Waals surface area contributed by atoms with E-state index in [-0.39, 0.29) is 24.0 Å². The Balaban J connectivity index is 0.00000312. The number of hydrogen-bond acceptors (Lipinski definition) is 3. The Kier molecular flexibility index (Phi) is 9.94. The summed E-state index contributed by atoms with van der Waals surface area (Å²) in [7, 11) is 3.86. The van der Waals surface area contributed by atoms with E-state index in [4.69, 9.17) is 4.42 Å². The van der Waals surface area contributed by atoms with Gasteiger partial charge in [-0.3, -0.25) is 9.89 Å². The molecule has 0 amide bonds. The highest BCUT2D eigenvalue weighted by Gasteiger charge is 2.08. The van der Waals surface area contributed by atoms with Crippen molar-refractivity contribution in [1.82, 2.24) is 15.5 Å². The van der Waals surface area contributed by atoms with Crippen LogP contribution >= 0.6 is 24.0 Å². The van der Waals surface area contributed by atoms with E-state index in [2.05, 4.69) is 58.4 Å². The Morgan fingerprint density at radius 1 is 1.16 bits per heavy atom. The van der Waals surface area contributed by atoms with Crippen LogP contribution in [0.4, 0.5) is 0 Å². The third-order valence-electron chi connectivity index (χ3n) is 3.65. The number of aliphatic imine (C=N–C) groups is 1. The first kappa shape index (κ1) is 21.2. The van der Waals surface area contributed by atoms with Gasteiger partial charge in [-0.1, -0.05) is 30.3 Å². The number of nitrogens with zero attached hydrogens (tertiary/aromatic N) is 2. The van der Waals surface area contributed by atoms with Crippen molar-refractivity contribution in [2.24, 2.45) is 4.99 Å². The first-order valence-corrected chi connectivity index (χ1v) is 8.06. The fourth-order valence-corrected chi connectivity index (χ4v) is 2.47. The summed E-state index contributed by atoms with van der Waals surface area (Å²) in [6.45, 7) is 6.76. The predicted octanol–water partition coefficient (Wildman–Crippen LogP) is 3.38. The van der Waals surface area contributed by atoms with Gasteiger partial charge in [-0.05, 0) is 30.3 Å². The summed E-state index contributed by atoms with van der Waals surface area (Å²) in [4.78, 5) is 6.44. The summed E-state index contributed by atoms with van der Waals surface area (Å²) >= 11 is 0. The number of rotatable bonds is 8. The van der Waals surface area contributed by atoms with Gasteiger partial charge < -0.3 is 15.1 Å². The molecule has 2 rings (SSSR count). The van der Waals surface area contributed by atoms with Crippen molar-refractivity contribution in [3.8, 4) is 0 Å². The minimum Gasteiger partial charge on any atom is -0.468 e. The molecule has 0 saturated carbocycles. The molecular formula is C19H27IN4O. The maximum atomic E-state index is 5.42. The summed E-state index contributed by atoms with van der Waals surface area (Å²) in [5.74, 6) is 1.75. The molecule has 1 aromatic carbocycles. The molecule has 0 atom stereocenters. The number of halogens is 1. The second kappa shape index (κ2) is 11.7. The molecule has 2 N–H and O–H groups in total. The van der Waals surface area contributed by atoms with E-state index in [9.17, 15) is 0 Å². The lowest BCUT2D eigenvalue weighted by Gasteiger charge is -2.18. The number of hydrogen-bond donors (Lipinski definition) is 2. The quantitative estimate of drug-likeness (QED) is 0.278. The highest BCUT2D eigenvalue weighted by Crippen LogP contribution is 2.13. The maximum Gasteiger partial charge on any atom is 0.191 e. The van der Waals surface area contributed by atoms with Gasteiger partial charge in [-0.15, -0.1) is 30.6 Å². The minimum atomic E-state index is 0. The van der Waals surface area contributed by atoms with Crippen LogP contribution in [0.3, 0.4) is 0 Å². The smallest absolute Gasteiger partial charge is 0.191 e. The first-order valence-electron chi connectivity index (χ1n) is 8.06. The van der Waals surface area contributed by atoms with Gasteiger partial charge in [0.05, 0.1) is 12.8 Å². The van der Waals surface area contributed by atoms with E-state index in [1.54, 1.807) is 13.3 Å². The van der Waals surface area contributed by atoms with Crippen LogP contribution < -0.4 is 10.6 Å². The Hall–Kier alpha value is -1.80. The van der Waals surface area contributed by atoms with E-state index >= 15 is 0 Å². The molecule has 1 heterocycles. The zero-order chi connectivity index (χ0) is 17.2. The van der Waals surface area contributed by atoms with E-state index in [1.165, 1.54) is 11.1 Å². The van der Waals surface area contributed by atoms with Crippen LogP contribution in [-0.4, -0.2) is 31.5 Å². The maximum absolute atomic E-state index is 5.42. The highest BCUT2D eigenvalue weighted by atomic mass is 127. The molecule has 0 aliphatic carbocycles. The van der Waals surface area contributed by atoms with Gasteiger partial charge in [-0.2, -0.15) is 0 Å². The molecule has 1 aromatic heterocycles. The largest absolute Gasteiger partial charge is 0.468 e. The van der Waals surface area contributed by atoms with Crippen molar-refractivity contribution in [2.45, 2.75) is 19.6 Å². The van der Waals surface area contributed by atoms with Crippen molar-refractivity contribution in [2.75, 3.05) is 20.6 Å². The van der Waals surface area contributed by atoms with Crippen molar-refractivity contribution in [3.63, 3.8) is 0 Å². The molecule has 0 saturated heterocycles. The molecule has 0 unspecified atom stereocenters. The number of nitrogens with one attached hydrogen (secondary N) is 2. The van der Waals surface area contributed by atoms with Crippen LogP contribution in [0.25, 0.3) is 0 Å². The summed E-state index contributed by atoms with van der Waals surface area (Å²) < 4.78 is 5.42. The summed E-state index contributed by atoms with van der Waals surface area (Å²) in [5.41, 5.74) is 2.54. The van der Waals surface area contributed by atoms with Crippen LogP contribution in [0.1, 0.15) is 16.9 Å².